The second kappa shape index (κ2) is 9.46. The molecule has 0 aliphatic rings. The molecule has 1 heterocycles. The highest BCUT2D eigenvalue weighted by molar-refractivity contribution is 5.83. The maximum atomic E-state index is 11.8. The van der Waals surface area contributed by atoms with Crippen molar-refractivity contribution in [2.75, 3.05) is 6.61 Å². The zero-order chi connectivity index (χ0) is 21.5. The molecule has 0 fully saturated rings. The van der Waals surface area contributed by atoms with Gasteiger partial charge in [0.2, 0.25) is 5.91 Å². The molecule has 0 saturated heterocycles. The highest BCUT2D eigenvalue weighted by atomic mass is 16.6. The van der Waals surface area contributed by atoms with Crippen LogP contribution in [0.1, 0.15) is 24.0 Å². The number of carbonyl (C=O) groups excluding carboxylic acids is 1. The second-order valence-electron chi connectivity index (χ2n) is 6.50. The SMILES string of the molecule is Cc1cc(=O)oc2cc(OCCCC(=O)NN=Cc3cccc([N+](=O)[O-])c3)ccc12. The Bertz CT molecular complexity index is 1170. The zero-order valence-electron chi connectivity index (χ0n) is 16.2. The quantitative estimate of drug-likeness (QED) is 0.200. The van der Waals surface area contributed by atoms with Gasteiger partial charge in [0.1, 0.15) is 11.3 Å². The van der Waals surface area contributed by atoms with Gasteiger partial charge < -0.3 is 9.15 Å². The van der Waals surface area contributed by atoms with Gasteiger partial charge in [-0.15, -0.1) is 0 Å². The summed E-state index contributed by atoms with van der Waals surface area (Å²) in [5.41, 5.74) is 3.69. The average Bonchev–Trinajstić information content (AvgIpc) is 2.71. The smallest absolute Gasteiger partial charge is 0.336 e. The topological polar surface area (TPSA) is 124 Å². The number of benzene rings is 2. The number of hydrogen-bond donors (Lipinski definition) is 1. The molecule has 0 bridgehead atoms. The molecule has 0 aliphatic carbocycles. The molecular weight excluding hydrogens is 390 g/mol. The van der Waals surface area contributed by atoms with Crippen LogP contribution in [0.5, 0.6) is 5.75 Å². The Balaban J connectivity index is 1.45. The van der Waals surface area contributed by atoms with Crippen molar-refractivity contribution in [3.8, 4) is 5.75 Å². The van der Waals surface area contributed by atoms with E-state index in [0.29, 0.717) is 29.9 Å². The van der Waals surface area contributed by atoms with Gasteiger partial charge in [-0.3, -0.25) is 14.9 Å². The van der Waals surface area contributed by atoms with Crippen molar-refractivity contribution in [2.24, 2.45) is 5.10 Å². The van der Waals surface area contributed by atoms with E-state index in [1.807, 2.05) is 13.0 Å². The van der Waals surface area contributed by atoms with Crippen LogP contribution in [0, 0.1) is 17.0 Å². The predicted octanol–water partition coefficient (Wildman–Crippen LogP) is 3.32. The van der Waals surface area contributed by atoms with E-state index in [-0.39, 0.29) is 18.0 Å². The van der Waals surface area contributed by atoms with Gasteiger partial charge in [0.15, 0.2) is 0 Å². The standard InChI is InChI=1S/C21H19N3O6/c1-14-10-21(26)30-19-12-17(7-8-18(14)19)29-9-3-6-20(25)23-22-13-15-4-2-5-16(11-15)24(27)28/h2,4-5,7-8,10-13H,3,6,9H2,1H3,(H,23,25). The highest BCUT2D eigenvalue weighted by Gasteiger charge is 2.06. The lowest BCUT2D eigenvalue weighted by atomic mass is 10.1. The lowest BCUT2D eigenvalue weighted by molar-refractivity contribution is -0.384. The van der Waals surface area contributed by atoms with E-state index >= 15 is 0 Å². The van der Waals surface area contributed by atoms with Crippen LogP contribution in [0.4, 0.5) is 5.69 Å². The Hall–Kier alpha value is -4.01. The summed E-state index contributed by atoms with van der Waals surface area (Å²) in [6, 6.07) is 12.6. The number of rotatable bonds is 8. The Morgan fingerprint density at radius 3 is 2.90 bits per heavy atom. The summed E-state index contributed by atoms with van der Waals surface area (Å²) in [7, 11) is 0. The fourth-order valence-electron chi connectivity index (χ4n) is 2.77. The molecule has 1 N–H and O–H groups in total. The fourth-order valence-corrected chi connectivity index (χ4v) is 2.77. The molecule has 9 heteroatoms. The molecule has 0 aliphatic heterocycles. The third-order valence-electron chi connectivity index (χ3n) is 4.22. The Labute approximate surface area is 171 Å². The predicted molar refractivity (Wildman–Crippen MR) is 111 cm³/mol. The largest absolute Gasteiger partial charge is 0.493 e. The van der Waals surface area contributed by atoms with Crippen LogP contribution in [0.3, 0.4) is 0 Å². The molecule has 0 spiro atoms. The van der Waals surface area contributed by atoms with Crippen molar-refractivity contribution in [1.29, 1.82) is 0 Å². The lowest BCUT2D eigenvalue weighted by Gasteiger charge is -2.07. The van der Waals surface area contributed by atoms with Gasteiger partial charge in [0, 0.05) is 41.6 Å². The first kappa shape index (κ1) is 20.7. The Morgan fingerprint density at radius 1 is 1.27 bits per heavy atom. The number of nitro groups is 1. The van der Waals surface area contributed by atoms with Gasteiger partial charge in [-0.05, 0) is 31.0 Å². The lowest BCUT2D eigenvalue weighted by Crippen LogP contribution is -2.18. The summed E-state index contributed by atoms with van der Waals surface area (Å²) in [5.74, 6) is 0.237. The van der Waals surface area contributed by atoms with Gasteiger partial charge in [0.25, 0.3) is 5.69 Å². The van der Waals surface area contributed by atoms with Crippen molar-refractivity contribution in [3.63, 3.8) is 0 Å². The number of fused-ring (bicyclic) bond motifs is 1. The first-order chi connectivity index (χ1) is 14.4. The number of hydrazone groups is 1. The van der Waals surface area contributed by atoms with Crippen molar-refractivity contribution in [1.82, 2.24) is 5.43 Å². The number of aryl methyl sites for hydroxylation is 1. The van der Waals surface area contributed by atoms with Gasteiger partial charge in [-0.2, -0.15) is 5.10 Å². The van der Waals surface area contributed by atoms with Crippen molar-refractivity contribution >= 4 is 28.8 Å². The summed E-state index contributed by atoms with van der Waals surface area (Å²) < 4.78 is 10.8. The Morgan fingerprint density at radius 2 is 2.10 bits per heavy atom. The third kappa shape index (κ3) is 5.51. The Kier molecular flexibility index (Phi) is 6.53. The van der Waals surface area contributed by atoms with Crippen LogP contribution in [0.2, 0.25) is 0 Å². The van der Waals surface area contributed by atoms with Crippen LogP contribution in [-0.4, -0.2) is 23.7 Å². The second-order valence-corrected chi connectivity index (χ2v) is 6.50. The van der Waals surface area contributed by atoms with E-state index < -0.39 is 10.5 Å². The number of non-ortho nitro benzene ring substituents is 1. The number of carbonyl (C=O) groups is 1. The molecular formula is C21H19N3O6. The number of amides is 1. The summed E-state index contributed by atoms with van der Waals surface area (Å²) in [6.07, 6.45) is 1.98. The number of nitrogens with zero attached hydrogens (tertiary/aromatic N) is 2. The van der Waals surface area contributed by atoms with E-state index in [9.17, 15) is 19.7 Å². The summed E-state index contributed by atoms with van der Waals surface area (Å²) in [5, 5.41) is 15.4. The number of hydrogen-bond acceptors (Lipinski definition) is 7. The van der Waals surface area contributed by atoms with Crippen molar-refractivity contribution in [2.45, 2.75) is 19.8 Å². The molecule has 1 aromatic heterocycles. The molecule has 30 heavy (non-hydrogen) atoms. The molecule has 2 aromatic carbocycles. The number of nitrogens with one attached hydrogen (secondary N) is 1. The summed E-state index contributed by atoms with van der Waals surface area (Å²) >= 11 is 0. The number of nitro benzene ring substituents is 1. The summed E-state index contributed by atoms with van der Waals surface area (Å²) in [4.78, 5) is 33.6. The molecule has 0 saturated carbocycles. The van der Waals surface area contributed by atoms with Crippen LogP contribution in [-0.2, 0) is 4.79 Å². The van der Waals surface area contributed by atoms with E-state index in [0.717, 1.165) is 10.9 Å². The molecule has 0 radical (unpaired) electrons. The van der Waals surface area contributed by atoms with Crippen LogP contribution in [0.15, 0.2) is 62.8 Å². The maximum absolute atomic E-state index is 11.8. The van der Waals surface area contributed by atoms with Gasteiger partial charge >= 0.3 is 5.63 Å². The van der Waals surface area contributed by atoms with Gasteiger partial charge in [0.05, 0.1) is 17.7 Å². The minimum atomic E-state index is -0.500. The molecule has 3 aromatic rings. The minimum Gasteiger partial charge on any atom is -0.493 e. The highest BCUT2D eigenvalue weighted by Crippen LogP contribution is 2.22. The molecule has 0 atom stereocenters. The van der Waals surface area contributed by atoms with Crippen molar-refractivity contribution in [3.05, 3.63) is 80.2 Å². The van der Waals surface area contributed by atoms with E-state index in [1.54, 1.807) is 18.2 Å². The molecule has 3 rings (SSSR count). The van der Waals surface area contributed by atoms with Crippen LogP contribution < -0.4 is 15.8 Å². The van der Waals surface area contributed by atoms with Gasteiger partial charge in [-0.1, -0.05) is 12.1 Å². The van der Waals surface area contributed by atoms with Crippen LogP contribution >= 0.6 is 0 Å². The van der Waals surface area contributed by atoms with Crippen molar-refractivity contribution < 1.29 is 18.9 Å². The third-order valence-corrected chi connectivity index (χ3v) is 4.22. The van der Waals surface area contributed by atoms with E-state index in [4.69, 9.17) is 9.15 Å². The molecule has 154 valence electrons. The average molecular weight is 409 g/mol. The molecule has 9 nitrogen and oxygen atoms in total. The van der Waals surface area contributed by atoms with E-state index in [1.165, 1.54) is 30.5 Å². The minimum absolute atomic E-state index is 0.0504. The molecule has 1 amide bonds. The maximum Gasteiger partial charge on any atom is 0.336 e. The first-order valence-electron chi connectivity index (χ1n) is 9.16. The molecule has 0 unspecified atom stereocenters. The fraction of sp³-hybridized carbons (Fsp3) is 0.190. The number of ether oxygens (including phenoxy) is 1. The zero-order valence-corrected chi connectivity index (χ0v) is 16.2. The first-order valence-corrected chi connectivity index (χ1v) is 9.16. The van der Waals surface area contributed by atoms with Crippen LogP contribution in [0.25, 0.3) is 11.0 Å². The monoisotopic (exact) mass is 409 g/mol. The van der Waals surface area contributed by atoms with Gasteiger partial charge in [-0.25, -0.2) is 10.2 Å². The van der Waals surface area contributed by atoms with E-state index in [2.05, 4.69) is 10.5 Å². The summed E-state index contributed by atoms with van der Waals surface area (Å²) in [6.45, 7) is 2.13. The normalized spacial score (nSPS) is 11.0.